The van der Waals surface area contributed by atoms with Crippen LogP contribution in [0.1, 0.15) is 15.9 Å². The number of carboxylic acid groups (broad SMARTS) is 1. The molecule has 8 nitrogen and oxygen atoms in total. The number of nitrogens with one attached hydrogen (secondary N) is 2. The molecule has 0 saturated carbocycles. The SMILES string of the molecule is COc1ccc(OCC(=O)NCC(=O)NCc2ccc(C(=O)O)cc2)cc1. The van der Waals surface area contributed by atoms with Crippen LogP contribution in [0, 0.1) is 0 Å². The first kappa shape index (κ1) is 19.8. The second-order valence-electron chi connectivity index (χ2n) is 5.52. The van der Waals surface area contributed by atoms with E-state index in [0.29, 0.717) is 11.5 Å². The number of methoxy groups -OCH3 is 1. The Morgan fingerprint density at radius 1 is 0.889 bits per heavy atom. The van der Waals surface area contributed by atoms with Crippen LogP contribution in [-0.2, 0) is 16.1 Å². The Labute approximate surface area is 156 Å². The summed E-state index contributed by atoms with van der Waals surface area (Å²) < 4.78 is 10.3. The molecule has 0 radical (unpaired) electrons. The van der Waals surface area contributed by atoms with E-state index >= 15 is 0 Å². The van der Waals surface area contributed by atoms with Crippen LogP contribution in [0.3, 0.4) is 0 Å². The van der Waals surface area contributed by atoms with Crippen molar-refractivity contribution in [3.05, 3.63) is 59.7 Å². The fraction of sp³-hybridized carbons (Fsp3) is 0.211. The average Bonchev–Trinajstić information content (AvgIpc) is 2.69. The number of carbonyl (C=O) groups is 3. The maximum absolute atomic E-state index is 11.8. The van der Waals surface area contributed by atoms with Crippen LogP contribution < -0.4 is 20.1 Å². The van der Waals surface area contributed by atoms with Crippen molar-refractivity contribution < 1.29 is 29.0 Å². The van der Waals surface area contributed by atoms with Crippen molar-refractivity contribution in [1.82, 2.24) is 10.6 Å². The zero-order chi connectivity index (χ0) is 19.6. The highest BCUT2D eigenvalue weighted by molar-refractivity contribution is 5.87. The summed E-state index contributed by atoms with van der Waals surface area (Å²) in [7, 11) is 1.55. The molecule has 0 spiro atoms. The second-order valence-corrected chi connectivity index (χ2v) is 5.52. The predicted molar refractivity (Wildman–Crippen MR) is 96.7 cm³/mol. The van der Waals surface area contributed by atoms with E-state index in [2.05, 4.69) is 10.6 Å². The standard InChI is InChI=1S/C19H20N2O6/c1-26-15-6-8-16(9-7-15)27-12-18(23)21-11-17(22)20-10-13-2-4-14(5-3-13)19(24)25/h2-9H,10-12H2,1H3,(H,20,22)(H,21,23)(H,24,25). The lowest BCUT2D eigenvalue weighted by molar-refractivity contribution is -0.127. The van der Waals surface area contributed by atoms with E-state index in [4.69, 9.17) is 14.6 Å². The quantitative estimate of drug-likeness (QED) is 0.610. The van der Waals surface area contributed by atoms with Crippen molar-refractivity contribution >= 4 is 17.8 Å². The molecule has 0 heterocycles. The Hall–Kier alpha value is -3.55. The maximum Gasteiger partial charge on any atom is 0.335 e. The molecule has 0 atom stereocenters. The zero-order valence-corrected chi connectivity index (χ0v) is 14.7. The van der Waals surface area contributed by atoms with E-state index in [-0.39, 0.29) is 31.2 Å². The maximum atomic E-state index is 11.8. The fourth-order valence-corrected chi connectivity index (χ4v) is 2.08. The molecule has 27 heavy (non-hydrogen) atoms. The van der Waals surface area contributed by atoms with Gasteiger partial charge in [-0.1, -0.05) is 12.1 Å². The minimum absolute atomic E-state index is 0.175. The van der Waals surface area contributed by atoms with Gasteiger partial charge >= 0.3 is 5.97 Å². The molecule has 0 aromatic heterocycles. The summed E-state index contributed by atoms with van der Waals surface area (Å²) in [5.74, 6) is -0.603. The van der Waals surface area contributed by atoms with E-state index in [0.717, 1.165) is 5.56 Å². The Morgan fingerprint density at radius 2 is 1.52 bits per heavy atom. The smallest absolute Gasteiger partial charge is 0.335 e. The van der Waals surface area contributed by atoms with Gasteiger partial charge in [0.2, 0.25) is 5.91 Å². The third kappa shape index (κ3) is 6.69. The van der Waals surface area contributed by atoms with Gasteiger partial charge in [0.25, 0.3) is 5.91 Å². The van der Waals surface area contributed by atoms with E-state index in [1.807, 2.05) is 0 Å². The third-order valence-corrected chi connectivity index (χ3v) is 3.57. The Kier molecular flexibility index (Phi) is 7.18. The lowest BCUT2D eigenvalue weighted by Gasteiger charge is -2.09. The van der Waals surface area contributed by atoms with Gasteiger partial charge in [0.05, 0.1) is 19.2 Å². The fourth-order valence-electron chi connectivity index (χ4n) is 2.08. The summed E-state index contributed by atoms with van der Waals surface area (Å²) in [5.41, 5.74) is 0.928. The third-order valence-electron chi connectivity index (χ3n) is 3.57. The molecule has 2 rings (SSSR count). The predicted octanol–water partition coefficient (Wildman–Crippen LogP) is 1.20. The molecule has 142 valence electrons. The molecular formula is C19H20N2O6. The number of hydrogen-bond acceptors (Lipinski definition) is 5. The average molecular weight is 372 g/mol. The van der Waals surface area contributed by atoms with Gasteiger partial charge in [-0.05, 0) is 42.0 Å². The Morgan fingerprint density at radius 3 is 2.11 bits per heavy atom. The van der Waals surface area contributed by atoms with Crippen LogP contribution in [0.15, 0.2) is 48.5 Å². The van der Waals surface area contributed by atoms with Crippen molar-refractivity contribution in [3.63, 3.8) is 0 Å². The molecule has 0 saturated heterocycles. The molecular weight excluding hydrogens is 352 g/mol. The van der Waals surface area contributed by atoms with Crippen LogP contribution in [-0.4, -0.2) is 43.2 Å². The number of hydrogen-bond donors (Lipinski definition) is 3. The van der Waals surface area contributed by atoms with Crippen molar-refractivity contribution in [2.24, 2.45) is 0 Å². The van der Waals surface area contributed by atoms with Crippen LogP contribution in [0.2, 0.25) is 0 Å². The summed E-state index contributed by atoms with van der Waals surface area (Å²) in [5, 5.41) is 13.9. The first-order valence-electron chi connectivity index (χ1n) is 8.10. The minimum atomic E-state index is -1.01. The van der Waals surface area contributed by atoms with E-state index in [1.54, 1.807) is 43.5 Å². The molecule has 0 fully saturated rings. The zero-order valence-electron chi connectivity index (χ0n) is 14.7. The van der Waals surface area contributed by atoms with Crippen molar-refractivity contribution in [3.8, 4) is 11.5 Å². The Bertz CT molecular complexity index is 787. The van der Waals surface area contributed by atoms with Gasteiger partial charge in [0, 0.05) is 6.54 Å². The van der Waals surface area contributed by atoms with Gasteiger partial charge in [-0.25, -0.2) is 4.79 Å². The molecule has 2 aromatic rings. The van der Waals surface area contributed by atoms with E-state index in [9.17, 15) is 14.4 Å². The molecule has 2 amide bonds. The summed E-state index contributed by atoms with van der Waals surface area (Å²) in [4.78, 5) is 34.3. The summed E-state index contributed by atoms with van der Waals surface area (Å²) in [6.07, 6.45) is 0. The van der Waals surface area contributed by atoms with Crippen molar-refractivity contribution in [1.29, 1.82) is 0 Å². The first-order chi connectivity index (χ1) is 13.0. The number of benzene rings is 2. The van der Waals surface area contributed by atoms with Gasteiger partial charge in [-0.15, -0.1) is 0 Å². The highest BCUT2D eigenvalue weighted by atomic mass is 16.5. The van der Waals surface area contributed by atoms with Gasteiger partial charge in [-0.2, -0.15) is 0 Å². The number of ether oxygens (including phenoxy) is 2. The molecule has 8 heteroatoms. The molecule has 2 aromatic carbocycles. The number of carboxylic acids is 1. The first-order valence-corrected chi connectivity index (χ1v) is 8.10. The monoisotopic (exact) mass is 372 g/mol. The Balaban J connectivity index is 1.66. The topological polar surface area (TPSA) is 114 Å². The number of aromatic carboxylic acids is 1. The van der Waals surface area contributed by atoms with Crippen LogP contribution in [0.4, 0.5) is 0 Å². The number of carbonyl (C=O) groups excluding carboxylic acids is 2. The lowest BCUT2D eigenvalue weighted by atomic mass is 10.1. The molecule has 0 aliphatic carbocycles. The van der Waals surface area contributed by atoms with E-state index in [1.165, 1.54) is 12.1 Å². The van der Waals surface area contributed by atoms with Crippen molar-refractivity contribution in [2.75, 3.05) is 20.3 Å². The van der Waals surface area contributed by atoms with Gasteiger partial charge < -0.3 is 25.2 Å². The highest BCUT2D eigenvalue weighted by Gasteiger charge is 2.07. The minimum Gasteiger partial charge on any atom is -0.497 e. The molecule has 0 aliphatic heterocycles. The molecule has 3 N–H and O–H groups in total. The molecule has 0 aliphatic rings. The van der Waals surface area contributed by atoms with Gasteiger partial charge in [-0.3, -0.25) is 9.59 Å². The molecule has 0 bridgehead atoms. The highest BCUT2D eigenvalue weighted by Crippen LogP contribution is 2.16. The summed E-state index contributed by atoms with van der Waals surface area (Å²) >= 11 is 0. The van der Waals surface area contributed by atoms with Crippen molar-refractivity contribution in [2.45, 2.75) is 6.54 Å². The molecule has 0 unspecified atom stereocenters. The largest absolute Gasteiger partial charge is 0.497 e. The number of rotatable bonds is 9. The van der Waals surface area contributed by atoms with Crippen LogP contribution >= 0.6 is 0 Å². The summed E-state index contributed by atoms with van der Waals surface area (Å²) in [6, 6.07) is 12.9. The van der Waals surface area contributed by atoms with Crippen LogP contribution in [0.25, 0.3) is 0 Å². The normalized spacial score (nSPS) is 9.96. The number of amides is 2. The van der Waals surface area contributed by atoms with E-state index < -0.39 is 11.9 Å². The second kappa shape index (κ2) is 9.81. The lowest BCUT2D eigenvalue weighted by Crippen LogP contribution is -2.38. The van der Waals surface area contributed by atoms with Gasteiger partial charge in [0.15, 0.2) is 6.61 Å². The van der Waals surface area contributed by atoms with Gasteiger partial charge in [0.1, 0.15) is 11.5 Å². The van der Waals surface area contributed by atoms with Crippen LogP contribution in [0.5, 0.6) is 11.5 Å². The summed E-state index contributed by atoms with van der Waals surface area (Å²) in [6.45, 7) is -0.161.